The van der Waals surface area contributed by atoms with E-state index in [1.54, 1.807) is 0 Å². The fraction of sp³-hybridized carbons (Fsp3) is 0.833. The second-order valence-electron chi connectivity index (χ2n) is 14.5. The van der Waals surface area contributed by atoms with Gasteiger partial charge in [0.25, 0.3) is 0 Å². The van der Waals surface area contributed by atoms with E-state index in [-0.39, 0.29) is 22.5 Å². The average Bonchev–Trinajstić information content (AvgIpc) is 3.45. The van der Waals surface area contributed by atoms with Crippen molar-refractivity contribution >= 4 is 68.2 Å². The molecule has 0 aromatic rings. The first kappa shape index (κ1) is 43.8. The van der Waals surface area contributed by atoms with Crippen molar-refractivity contribution in [1.82, 2.24) is 0 Å². The molecule has 244 valence electrons. The van der Waals surface area contributed by atoms with Crippen molar-refractivity contribution in [2.45, 2.75) is 123 Å². The van der Waals surface area contributed by atoms with Crippen LogP contribution in [0.2, 0.25) is 111 Å². The summed E-state index contributed by atoms with van der Waals surface area (Å²) in [5.41, 5.74) is 3.90. The zero-order chi connectivity index (χ0) is 31.1. The Hall–Kier alpha value is 1.62. The Bertz CT molecular complexity index is 767. The van der Waals surface area contributed by atoms with Gasteiger partial charge >= 0.3 is 35.0 Å². The first-order valence-corrected chi connectivity index (χ1v) is 37.2. The molecule has 0 bridgehead atoms. The van der Waals surface area contributed by atoms with E-state index in [4.69, 9.17) is 29.4 Å². The summed E-state index contributed by atoms with van der Waals surface area (Å²) < 4.78 is 43.3. The molecule has 0 N–H and O–H groups in total. The van der Waals surface area contributed by atoms with Crippen molar-refractivity contribution in [3.63, 3.8) is 0 Å². The maximum Gasteiger partial charge on any atom is 0.315 e. The van der Waals surface area contributed by atoms with Crippen LogP contribution in [0.5, 0.6) is 0 Å². The molecule has 0 radical (unpaired) electrons. The fourth-order valence-corrected chi connectivity index (χ4v) is 36.4. The summed E-state index contributed by atoms with van der Waals surface area (Å²) in [6.45, 7) is 43.2. The van der Waals surface area contributed by atoms with E-state index in [1.807, 2.05) is 11.4 Å². The zero-order valence-corrected chi connectivity index (χ0v) is 38.9. The van der Waals surface area contributed by atoms with Crippen LogP contribution in [0, 0.1) is 0 Å². The average molecular weight is 886 g/mol. The number of hydrogen-bond acceptors (Lipinski definition) is 7. The van der Waals surface area contributed by atoms with E-state index >= 15 is 0 Å². The number of rotatable bonds is 17. The summed E-state index contributed by atoms with van der Waals surface area (Å²) in [6, 6.07) is 0.986. The van der Waals surface area contributed by atoms with Gasteiger partial charge in [-0.2, -0.15) is 0 Å². The van der Waals surface area contributed by atoms with Crippen LogP contribution in [0.15, 0.2) is 24.6 Å². The maximum absolute atomic E-state index is 6.53. The van der Waals surface area contributed by atoms with E-state index in [0.29, 0.717) is 6.10 Å². The standard InChI is InChI=1S/C14H38O5Si5.C10H24O2Si3.Pt.H2/c1-20(16-23(8,9)18-21(2,3)4)17-24(10,19-22(5,6)7)12-11-14-13-15-14;1-9-13(3,4)11-15(7,8)12-14(5,6)10-2;;/h14,20H,11-13H2,1-10H3;9-10H,1-2H2,3-8H3;;1H/i;;;1+1. The minimum absolute atomic E-state index is 0. The first-order chi connectivity index (χ1) is 17.1. The van der Waals surface area contributed by atoms with E-state index in [0.717, 1.165) is 19.1 Å². The molecule has 1 fully saturated rings. The predicted molar refractivity (Wildman–Crippen MR) is 189 cm³/mol. The first-order valence-electron chi connectivity index (χ1n) is 14.2. The van der Waals surface area contributed by atoms with Gasteiger partial charge in [-0.25, -0.2) is 0 Å². The summed E-state index contributed by atoms with van der Waals surface area (Å²) in [4.78, 5) is 0. The number of ether oxygens (including phenoxy) is 1. The Morgan fingerprint density at radius 2 is 1.10 bits per heavy atom. The third-order valence-corrected chi connectivity index (χ3v) is 32.1. The van der Waals surface area contributed by atoms with Crippen LogP contribution in [0.25, 0.3) is 0 Å². The minimum atomic E-state index is -2.23. The predicted octanol–water partition coefficient (Wildman–Crippen LogP) is 7.96. The quantitative estimate of drug-likeness (QED) is 0.109. The molecule has 3 unspecified atom stereocenters. The van der Waals surface area contributed by atoms with Crippen LogP contribution in [0.4, 0.5) is 0 Å². The SMILES string of the molecule is C=C[Si](C)(C)O[Si](C)(C)O[Si](C)(C)C=C.C[SiH](O[Si](C)(C)O[Si](C)(C)C)O[Si](C)(CCC1CO1)O[Si](C)(C)C.[2HH].[Pt]. The molecule has 1 rings (SSSR count). The Morgan fingerprint density at radius 1 is 0.700 bits per heavy atom. The Balaban J connectivity index is -0.000000741. The molecular weight excluding hydrogens is 820 g/mol. The van der Waals surface area contributed by atoms with Gasteiger partial charge in [-0.3, -0.25) is 0 Å². The Morgan fingerprint density at radius 3 is 1.43 bits per heavy atom. The monoisotopic (exact) mass is 884 g/mol. The fourth-order valence-electron chi connectivity index (χ4n) is 4.35. The number of epoxide rings is 1. The smallest absolute Gasteiger partial charge is 0.315 e. The molecule has 1 aliphatic rings. The molecule has 0 aromatic heterocycles. The van der Waals surface area contributed by atoms with E-state index in [9.17, 15) is 0 Å². The molecule has 0 aliphatic carbocycles. The normalized spacial score (nSPS) is 18.9. The van der Waals surface area contributed by atoms with Crippen LogP contribution in [0.1, 0.15) is 7.85 Å². The molecule has 1 heterocycles. The van der Waals surface area contributed by atoms with Gasteiger partial charge in [-0.15, -0.1) is 13.2 Å². The summed E-state index contributed by atoms with van der Waals surface area (Å²) in [5.74, 6) is 0. The molecule has 0 saturated carbocycles. The van der Waals surface area contributed by atoms with E-state index < -0.39 is 68.2 Å². The second kappa shape index (κ2) is 16.8. The van der Waals surface area contributed by atoms with Crippen LogP contribution in [-0.4, -0.2) is 80.9 Å². The molecule has 0 spiro atoms. The molecule has 0 aromatic carbocycles. The van der Waals surface area contributed by atoms with Crippen LogP contribution in [-0.2, 0) is 50.5 Å². The van der Waals surface area contributed by atoms with Crippen molar-refractivity contribution < 1.29 is 51.9 Å². The molecule has 1 saturated heterocycles. The summed E-state index contributed by atoms with van der Waals surface area (Å²) in [5, 5.41) is 0. The number of hydrogen-bond donors (Lipinski definition) is 0. The van der Waals surface area contributed by atoms with Gasteiger partial charge in [0.2, 0.25) is 0 Å². The van der Waals surface area contributed by atoms with Gasteiger partial charge in [0.15, 0.2) is 33.3 Å². The van der Waals surface area contributed by atoms with Gasteiger partial charge in [0, 0.05) is 22.5 Å². The summed E-state index contributed by atoms with van der Waals surface area (Å²) >= 11 is 0. The largest absolute Gasteiger partial charge is 0.437 e. The van der Waals surface area contributed by atoms with Crippen molar-refractivity contribution in [1.29, 1.82) is 0 Å². The Kier molecular flexibility index (Phi) is 18.4. The molecule has 7 nitrogen and oxygen atoms in total. The van der Waals surface area contributed by atoms with Crippen molar-refractivity contribution in [3.8, 4) is 0 Å². The van der Waals surface area contributed by atoms with E-state index in [1.165, 1.54) is 0 Å². The Labute approximate surface area is 273 Å². The van der Waals surface area contributed by atoms with Gasteiger partial charge in [0.05, 0.1) is 12.7 Å². The van der Waals surface area contributed by atoms with E-state index in [2.05, 4.69) is 118 Å². The van der Waals surface area contributed by atoms with Gasteiger partial charge in [0.1, 0.15) is 0 Å². The van der Waals surface area contributed by atoms with Gasteiger partial charge < -0.3 is 29.4 Å². The van der Waals surface area contributed by atoms with Crippen LogP contribution < -0.4 is 0 Å². The third kappa shape index (κ3) is 23.1. The molecule has 40 heavy (non-hydrogen) atoms. The molecule has 16 heteroatoms. The zero-order valence-electron chi connectivity index (χ0n) is 28.5. The summed E-state index contributed by atoms with van der Waals surface area (Å²) in [7, 11) is -14.9. The minimum Gasteiger partial charge on any atom is -0.437 e. The summed E-state index contributed by atoms with van der Waals surface area (Å²) in [6.07, 6.45) is 1.46. The van der Waals surface area contributed by atoms with Crippen molar-refractivity contribution in [2.75, 3.05) is 6.61 Å². The third-order valence-electron chi connectivity index (χ3n) is 5.26. The molecule has 1 aliphatic heterocycles. The topological polar surface area (TPSA) is 67.9 Å². The van der Waals surface area contributed by atoms with Crippen LogP contribution >= 0.6 is 0 Å². The van der Waals surface area contributed by atoms with Crippen molar-refractivity contribution in [2.24, 2.45) is 0 Å². The van der Waals surface area contributed by atoms with Gasteiger partial charge in [-0.05, 0) is 117 Å². The second-order valence-corrected chi connectivity index (χ2v) is 44.8. The van der Waals surface area contributed by atoms with Crippen molar-refractivity contribution in [3.05, 3.63) is 24.6 Å². The molecule has 3 atom stereocenters. The van der Waals surface area contributed by atoms with Gasteiger partial charge in [-0.1, -0.05) is 11.4 Å². The molecule has 0 amide bonds. The molecular formula is C24H64O7PtSi8. The maximum atomic E-state index is 6.53. The van der Waals surface area contributed by atoms with Crippen LogP contribution in [0.3, 0.4) is 0 Å².